The highest BCUT2D eigenvalue weighted by Crippen LogP contribution is 2.12. The number of hydrogen-bond donors (Lipinski definition) is 2. The molecule has 0 radical (unpaired) electrons. The summed E-state index contributed by atoms with van der Waals surface area (Å²) in [4.78, 5) is 10.4. The van der Waals surface area contributed by atoms with Gasteiger partial charge in [-0.15, -0.1) is 0 Å². The van der Waals surface area contributed by atoms with E-state index in [1.54, 1.807) is 25.3 Å². The average Bonchev–Trinajstić information content (AvgIpc) is 2.26. The summed E-state index contributed by atoms with van der Waals surface area (Å²) >= 11 is 0. The Labute approximate surface area is 88.0 Å². The molecule has 1 unspecified atom stereocenters. The lowest BCUT2D eigenvalue weighted by Gasteiger charge is -2.00. The first kappa shape index (κ1) is 11.3. The van der Waals surface area contributed by atoms with Gasteiger partial charge in [-0.25, -0.2) is 0 Å². The molecule has 0 aliphatic rings. The van der Waals surface area contributed by atoms with Gasteiger partial charge in [-0.05, 0) is 17.7 Å². The number of nitrogens with two attached hydrogens (primary N) is 1. The molecule has 1 aromatic carbocycles. The quantitative estimate of drug-likeness (QED) is 0.776. The summed E-state index contributed by atoms with van der Waals surface area (Å²) in [5, 5.41) is 8.55. The van der Waals surface area contributed by atoms with Crippen LogP contribution >= 0.6 is 0 Å². The molecule has 15 heavy (non-hydrogen) atoms. The van der Waals surface area contributed by atoms with Crippen LogP contribution < -0.4 is 10.5 Å². The van der Waals surface area contributed by atoms with Crippen molar-refractivity contribution in [2.75, 3.05) is 7.11 Å². The molecule has 0 amide bonds. The lowest BCUT2D eigenvalue weighted by Crippen LogP contribution is -2.27. The Balaban J connectivity index is 2.68. The summed E-state index contributed by atoms with van der Waals surface area (Å²) in [5.41, 5.74) is 6.19. The van der Waals surface area contributed by atoms with Crippen molar-refractivity contribution in [1.29, 1.82) is 0 Å². The van der Waals surface area contributed by atoms with Crippen molar-refractivity contribution >= 4 is 12.0 Å². The van der Waals surface area contributed by atoms with Gasteiger partial charge >= 0.3 is 5.97 Å². The maximum absolute atomic E-state index is 10.4. The van der Waals surface area contributed by atoms with Crippen LogP contribution in [0.1, 0.15) is 5.56 Å². The molecular formula is C11H13NO3. The molecule has 0 saturated heterocycles. The number of hydrogen-bond acceptors (Lipinski definition) is 3. The minimum Gasteiger partial charge on any atom is -0.497 e. The number of benzene rings is 1. The highest BCUT2D eigenvalue weighted by molar-refractivity contribution is 5.77. The van der Waals surface area contributed by atoms with E-state index in [-0.39, 0.29) is 0 Å². The van der Waals surface area contributed by atoms with Crippen molar-refractivity contribution < 1.29 is 14.6 Å². The number of methoxy groups -OCH3 is 1. The van der Waals surface area contributed by atoms with Crippen LogP contribution in [0.4, 0.5) is 0 Å². The van der Waals surface area contributed by atoms with Gasteiger partial charge in [-0.3, -0.25) is 4.79 Å². The van der Waals surface area contributed by atoms with Gasteiger partial charge in [-0.1, -0.05) is 24.3 Å². The minimum absolute atomic E-state index is 0.759. The van der Waals surface area contributed by atoms with E-state index in [4.69, 9.17) is 15.6 Å². The molecule has 0 aliphatic heterocycles. The Bertz CT molecular complexity index is 357. The highest BCUT2D eigenvalue weighted by Gasteiger charge is 2.05. The van der Waals surface area contributed by atoms with E-state index in [2.05, 4.69) is 0 Å². The molecule has 0 heterocycles. The van der Waals surface area contributed by atoms with Gasteiger partial charge in [0.2, 0.25) is 0 Å². The third-order valence-corrected chi connectivity index (χ3v) is 1.90. The molecule has 0 bridgehead atoms. The number of carboxylic acids is 1. The van der Waals surface area contributed by atoms with Crippen LogP contribution in [0.15, 0.2) is 30.3 Å². The summed E-state index contributed by atoms with van der Waals surface area (Å²) < 4.78 is 4.99. The van der Waals surface area contributed by atoms with Crippen molar-refractivity contribution in [2.45, 2.75) is 6.04 Å². The maximum Gasteiger partial charge on any atom is 0.324 e. The first-order valence-corrected chi connectivity index (χ1v) is 4.44. The average molecular weight is 207 g/mol. The Morgan fingerprint density at radius 3 is 2.53 bits per heavy atom. The fraction of sp³-hybridized carbons (Fsp3) is 0.182. The lowest BCUT2D eigenvalue weighted by atomic mass is 10.1. The number of aliphatic carboxylic acids is 1. The largest absolute Gasteiger partial charge is 0.497 e. The van der Waals surface area contributed by atoms with Crippen LogP contribution in [0.2, 0.25) is 0 Å². The SMILES string of the molecule is COc1ccc(/C=C/C(N)C(=O)O)cc1. The van der Waals surface area contributed by atoms with E-state index in [1.807, 2.05) is 12.1 Å². The summed E-state index contributed by atoms with van der Waals surface area (Å²) in [6.07, 6.45) is 3.10. The normalized spacial score (nSPS) is 12.7. The Morgan fingerprint density at radius 1 is 1.47 bits per heavy atom. The van der Waals surface area contributed by atoms with E-state index in [1.165, 1.54) is 6.08 Å². The van der Waals surface area contributed by atoms with Gasteiger partial charge in [0.1, 0.15) is 11.8 Å². The smallest absolute Gasteiger partial charge is 0.324 e. The van der Waals surface area contributed by atoms with Crippen LogP contribution in [-0.2, 0) is 4.79 Å². The van der Waals surface area contributed by atoms with Crippen LogP contribution in [-0.4, -0.2) is 24.2 Å². The maximum atomic E-state index is 10.4. The summed E-state index contributed by atoms with van der Waals surface area (Å²) in [5.74, 6) is -0.283. The first-order valence-electron chi connectivity index (χ1n) is 4.44. The molecule has 1 aromatic rings. The van der Waals surface area contributed by atoms with E-state index >= 15 is 0 Å². The number of carboxylic acid groups (broad SMARTS) is 1. The van der Waals surface area contributed by atoms with Gasteiger partial charge in [0.05, 0.1) is 7.11 Å². The monoisotopic (exact) mass is 207 g/mol. The van der Waals surface area contributed by atoms with Crippen molar-refractivity contribution in [1.82, 2.24) is 0 Å². The van der Waals surface area contributed by atoms with Crippen molar-refractivity contribution in [3.63, 3.8) is 0 Å². The summed E-state index contributed by atoms with van der Waals surface area (Å²) in [6, 6.07) is 6.28. The van der Waals surface area contributed by atoms with Crippen LogP contribution in [0.3, 0.4) is 0 Å². The molecule has 4 nitrogen and oxygen atoms in total. The lowest BCUT2D eigenvalue weighted by molar-refractivity contribution is -0.137. The second-order valence-electron chi connectivity index (χ2n) is 3.00. The van der Waals surface area contributed by atoms with E-state index in [0.29, 0.717) is 0 Å². The molecule has 0 aliphatic carbocycles. The molecule has 4 heteroatoms. The topological polar surface area (TPSA) is 72.5 Å². The van der Waals surface area contributed by atoms with Crippen LogP contribution in [0, 0.1) is 0 Å². The number of ether oxygens (including phenoxy) is 1. The third kappa shape index (κ3) is 3.44. The second kappa shape index (κ2) is 5.17. The molecular weight excluding hydrogens is 194 g/mol. The van der Waals surface area contributed by atoms with Gasteiger partial charge in [0.25, 0.3) is 0 Å². The molecule has 0 saturated carbocycles. The fourth-order valence-corrected chi connectivity index (χ4v) is 1.01. The zero-order chi connectivity index (χ0) is 11.3. The zero-order valence-electron chi connectivity index (χ0n) is 8.38. The summed E-state index contributed by atoms with van der Waals surface area (Å²) in [6.45, 7) is 0. The van der Waals surface area contributed by atoms with Gasteiger partial charge in [0.15, 0.2) is 0 Å². The van der Waals surface area contributed by atoms with Gasteiger partial charge in [0, 0.05) is 0 Å². The van der Waals surface area contributed by atoms with Crippen LogP contribution in [0.25, 0.3) is 6.08 Å². The molecule has 0 fully saturated rings. The van der Waals surface area contributed by atoms with Crippen LogP contribution in [0.5, 0.6) is 5.75 Å². The predicted octanol–water partition coefficient (Wildman–Crippen LogP) is 1.12. The van der Waals surface area contributed by atoms with E-state index < -0.39 is 12.0 Å². The van der Waals surface area contributed by atoms with E-state index in [9.17, 15) is 4.79 Å². The predicted molar refractivity (Wildman–Crippen MR) is 57.6 cm³/mol. The standard InChI is InChI=1S/C11H13NO3/c1-15-9-5-2-8(3-6-9)4-7-10(12)11(13)14/h2-7,10H,12H2,1H3,(H,13,14)/b7-4+. The first-order chi connectivity index (χ1) is 7.13. The third-order valence-electron chi connectivity index (χ3n) is 1.90. The van der Waals surface area contributed by atoms with Crippen molar-refractivity contribution in [3.8, 4) is 5.75 Å². The van der Waals surface area contributed by atoms with Gasteiger partial charge in [-0.2, -0.15) is 0 Å². The molecule has 0 aromatic heterocycles. The van der Waals surface area contributed by atoms with Gasteiger partial charge < -0.3 is 15.6 Å². The molecule has 1 rings (SSSR count). The highest BCUT2D eigenvalue weighted by atomic mass is 16.5. The van der Waals surface area contributed by atoms with Crippen molar-refractivity contribution in [2.24, 2.45) is 5.73 Å². The fourth-order valence-electron chi connectivity index (χ4n) is 1.01. The van der Waals surface area contributed by atoms with E-state index in [0.717, 1.165) is 11.3 Å². The molecule has 80 valence electrons. The zero-order valence-corrected chi connectivity index (χ0v) is 8.38. The summed E-state index contributed by atoms with van der Waals surface area (Å²) in [7, 11) is 1.59. The molecule has 3 N–H and O–H groups in total. The Morgan fingerprint density at radius 2 is 2.07 bits per heavy atom. The minimum atomic E-state index is -1.04. The number of carbonyl (C=O) groups is 1. The Hall–Kier alpha value is -1.81. The molecule has 0 spiro atoms. The number of rotatable bonds is 4. The molecule has 1 atom stereocenters. The Kier molecular flexibility index (Phi) is 3.88. The van der Waals surface area contributed by atoms with Crippen molar-refractivity contribution in [3.05, 3.63) is 35.9 Å². The second-order valence-corrected chi connectivity index (χ2v) is 3.00.